The summed E-state index contributed by atoms with van der Waals surface area (Å²) in [7, 11) is 0. The minimum absolute atomic E-state index is 0.0771. The van der Waals surface area contributed by atoms with E-state index in [2.05, 4.69) is 93.7 Å². The Morgan fingerprint density at radius 1 is 0.267 bits per heavy atom. The van der Waals surface area contributed by atoms with Gasteiger partial charge in [-0.3, -0.25) is 14.4 Å². The van der Waals surface area contributed by atoms with Crippen molar-refractivity contribution in [1.82, 2.24) is 0 Å². The van der Waals surface area contributed by atoms with Crippen LogP contribution in [0.25, 0.3) is 0 Å². The Kier molecular flexibility index (Phi) is 60.7. The first-order valence-electron chi connectivity index (χ1n) is 32.4. The first kappa shape index (κ1) is 71.8. The van der Waals surface area contributed by atoms with Gasteiger partial charge in [0.15, 0.2) is 6.10 Å². The third-order valence-corrected chi connectivity index (χ3v) is 14.2. The minimum Gasteiger partial charge on any atom is -0.462 e. The second kappa shape index (κ2) is 63.4. The fourth-order valence-corrected chi connectivity index (χ4v) is 9.28. The highest BCUT2D eigenvalue weighted by atomic mass is 16.6. The van der Waals surface area contributed by atoms with Crippen LogP contribution in [0, 0.1) is 0 Å². The van der Waals surface area contributed by atoms with Gasteiger partial charge in [0.1, 0.15) is 13.2 Å². The quantitative estimate of drug-likeness (QED) is 0.0261. The number of ether oxygens (including phenoxy) is 3. The van der Waals surface area contributed by atoms with Crippen molar-refractivity contribution in [3.8, 4) is 0 Å². The third kappa shape index (κ3) is 61.6. The molecule has 0 aromatic heterocycles. The van der Waals surface area contributed by atoms with Crippen LogP contribution in [0.5, 0.6) is 0 Å². The Morgan fingerprint density at radius 2 is 0.480 bits per heavy atom. The summed E-state index contributed by atoms with van der Waals surface area (Å²) in [4.78, 5) is 38.1. The zero-order valence-corrected chi connectivity index (χ0v) is 49.8. The van der Waals surface area contributed by atoms with Crippen molar-refractivity contribution >= 4 is 17.9 Å². The highest BCUT2D eigenvalue weighted by molar-refractivity contribution is 5.71. The summed E-state index contributed by atoms with van der Waals surface area (Å²) in [6, 6.07) is 0. The maximum absolute atomic E-state index is 12.9. The Labute approximate surface area is 465 Å². The number of rotatable bonds is 59. The second-order valence-corrected chi connectivity index (χ2v) is 21.7. The molecule has 0 aliphatic rings. The smallest absolute Gasteiger partial charge is 0.306 e. The summed E-state index contributed by atoms with van der Waals surface area (Å²) in [5.41, 5.74) is 0. The molecule has 0 saturated heterocycles. The van der Waals surface area contributed by atoms with E-state index >= 15 is 0 Å². The average molecular weight is 1050 g/mol. The zero-order chi connectivity index (χ0) is 54.3. The van der Waals surface area contributed by atoms with E-state index < -0.39 is 6.10 Å². The van der Waals surface area contributed by atoms with Gasteiger partial charge in [0, 0.05) is 19.3 Å². The molecule has 0 amide bonds. The fraction of sp³-hybridized carbons (Fsp3) is 0.783. The predicted molar refractivity (Wildman–Crippen MR) is 325 cm³/mol. The molecule has 1 unspecified atom stereocenters. The first-order valence-corrected chi connectivity index (χ1v) is 32.4. The molecule has 75 heavy (non-hydrogen) atoms. The molecule has 0 bridgehead atoms. The Morgan fingerprint density at radius 3 is 0.747 bits per heavy atom. The summed E-state index contributed by atoms with van der Waals surface area (Å²) in [6.45, 7) is 6.60. The maximum atomic E-state index is 12.9. The fourth-order valence-electron chi connectivity index (χ4n) is 9.28. The molecule has 0 spiro atoms. The van der Waals surface area contributed by atoms with Crippen molar-refractivity contribution in [3.05, 3.63) is 72.9 Å². The maximum Gasteiger partial charge on any atom is 0.306 e. The van der Waals surface area contributed by atoms with Crippen LogP contribution in [0.1, 0.15) is 329 Å². The van der Waals surface area contributed by atoms with E-state index in [9.17, 15) is 14.4 Å². The normalized spacial score (nSPS) is 12.5. The molecule has 0 aliphatic heterocycles. The van der Waals surface area contributed by atoms with Crippen LogP contribution in [0.3, 0.4) is 0 Å². The molecule has 0 heterocycles. The minimum atomic E-state index is -0.778. The van der Waals surface area contributed by atoms with E-state index in [1.165, 1.54) is 199 Å². The van der Waals surface area contributed by atoms with Gasteiger partial charge in [-0.05, 0) is 96.3 Å². The van der Waals surface area contributed by atoms with Crippen LogP contribution in [-0.2, 0) is 28.6 Å². The lowest BCUT2D eigenvalue weighted by Crippen LogP contribution is -2.30. The standard InChI is InChI=1S/C69H122O6/c1-4-7-10-13-16-18-20-22-24-26-28-30-32-33-34-35-37-38-40-42-44-46-48-50-53-56-59-62-68(71)74-65-66(64-73-67(70)61-58-55-52-15-12-9-6-3)75-69(72)63-60-57-54-51-49-47-45-43-41-39-36-31-29-27-25-23-21-19-17-14-11-8-5-2/h20-23,26-29,32-33,36,39,66H,4-19,24-25,30-31,34-35,37-38,40-65H2,1-3H3/b22-20-,23-21-,28-26-,29-27-,33-32-,39-36-. The van der Waals surface area contributed by atoms with Gasteiger partial charge in [0.25, 0.3) is 0 Å². The summed E-state index contributed by atoms with van der Waals surface area (Å²) >= 11 is 0. The van der Waals surface area contributed by atoms with Gasteiger partial charge in [-0.15, -0.1) is 0 Å². The van der Waals surface area contributed by atoms with E-state index in [4.69, 9.17) is 14.2 Å². The van der Waals surface area contributed by atoms with Crippen molar-refractivity contribution in [2.45, 2.75) is 335 Å². The number of esters is 3. The lowest BCUT2D eigenvalue weighted by Gasteiger charge is -2.18. The van der Waals surface area contributed by atoms with Crippen molar-refractivity contribution in [1.29, 1.82) is 0 Å². The van der Waals surface area contributed by atoms with Gasteiger partial charge in [0.05, 0.1) is 0 Å². The molecule has 0 fully saturated rings. The molecule has 0 N–H and O–H groups in total. The molecule has 0 radical (unpaired) electrons. The van der Waals surface area contributed by atoms with Crippen LogP contribution in [0.4, 0.5) is 0 Å². The van der Waals surface area contributed by atoms with E-state index in [0.29, 0.717) is 19.3 Å². The SMILES string of the molecule is CCCCCCC/C=C\C/C=C\C/C=C\CCCCCCCCCCCCCCC(=O)OCC(COC(=O)CCCCCCCCC)OC(=O)CCCCCCCCCC/C=C\C/C=C\C/C=C\CCCCCCC. The monoisotopic (exact) mass is 1050 g/mol. The molecule has 0 aliphatic carbocycles. The average Bonchev–Trinajstić information content (AvgIpc) is 3.41. The lowest BCUT2D eigenvalue weighted by atomic mass is 10.0. The number of carbonyl (C=O) groups is 3. The molecular weight excluding hydrogens is 925 g/mol. The van der Waals surface area contributed by atoms with E-state index in [0.717, 1.165) is 89.9 Å². The van der Waals surface area contributed by atoms with Gasteiger partial charge >= 0.3 is 17.9 Å². The van der Waals surface area contributed by atoms with E-state index in [1.54, 1.807) is 0 Å². The van der Waals surface area contributed by atoms with Crippen molar-refractivity contribution < 1.29 is 28.6 Å². The molecule has 0 rings (SSSR count). The molecule has 1 atom stereocenters. The summed E-state index contributed by atoms with van der Waals surface area (Å²) < 4.78 is 16.8. The van der Waals surface area contributed by atoms with Crippen LogP contribution in [-0.4, -0.2) is 37.2 Å². The Bertz CT molecular complexity index is 1390. The summed E-state index contributed by atoms with van der Waals surface area (Å²) in [6.07, 6.45) is 82.2. The summed E-state index contributed by atoms with van der Waals surface area (Å²) in [5, 5.41) is 0. The third-order valence-electron chi connectivity index (χ3n) is 14.2. The molecule has 6 heteroatoms. The number of hydrogen-bond donors (Lipinski definition) is 0. The molecular formula is C69H122O6. The number of hydrogen-bond acceptors (Lipinski definition) is 6. The topological polar surface area (TPSA) is 78.9 Å². The molecule has 0 saturated carbocycles. The lowest BCUT2D eigenvalue weighted by molar-refractivity contribution is -0.167. The van der Waals surface area contributed by atoms with E-state index in [1.807, 2.05) is 0 Å². The molecule has 434 valence electrons. The van der Waals surface area contributed by atoms with Gasteiger partial charge < -0.3 is 14.2 Å². The Hall–Kier alpha value is -3.15. The van der Waals surface area contributed by atoms with Gasteiger partial charge in [-0.2, -0.15) is 0 Å². The largest absolute Gasteiger partial charge is 0.462 e. The van der Waals surface area contributed by atoms with Crippen molar-refractivity contribution in [2.24, 2.45) is 0 Å². The molecule has 0 aromatic carbocycles. The first-order chi connectivity index (χ1) is 37.0. The number of allylic oxidation sites excluding steroid dienone is 12. The second-order valence-electron chi connectivity index (χ2n) is 21.7. The van der Waals surface area contributed by atoms with Crippen LogP contribution < -0.4 is 0 Å². The van der Waals surface area contributed by atoms with E-state index in [-0.39, 0.29) is 31.1 Å². The van der Waals surface area contributed by atoms with Gasteiger partial charge in [-0.25, -0.2) is 0 Å². The highest BCUT2D eigenvalue weighted by Gasteiger charge is 2.19. The van der Waals surface area contributed by atoms with Crippen LogP contribution in [0.15, 0.2) is 72.9 Å². The van der Waals surface area contributed by atoms with Crippen molar-refractivity contribution in [3.63, 3.8) is 0 Å². The number of carbonyl (C=O) groups excluding carboxylic acids is 3. The zero-order valence-electron chi connectivity index (χ0n) is 49.8. The molecule has 6 nitrogen and oxygen atoms in total. The Balaban J connectivity index is 4.14. The number of unbranched alkanes of at least 4 members (excludes halogenated alkanes) is 36. The van der Waals surface area contributed by atoms with Crippen LogP contribution in [0.2, 0.25) is 0 Å². The van der Waals surface area contributed by atoms with Crippen LogP contribution >= 0.6 is 0 Å². The molecule has 0 aromatic rings. The van der Waals surface area contributed by atoms with Gasteiger partial charge in [0.2, 0.25) is 0 Å². The van der Waals surface area contributed by atoms with Crippen molar-refractivity contribution in [2.75, 3.05) is 13.2 Å². The van der Waals surface area contributed by atoms with Gasteiger partial charge in [-0.1, -0.05) is 286 Å². The predicted octanol–water partition coefficient (Wildman–Crippen LogP) is 22.1. The summed E-state index contributed by atoms with van der Waals surface area (Å²) in [5.74, 6) is -0.880. The highest BCUT2D eigenvalue weighted by Crippen LogP contribution is 2.16.